The van der Waals surface area contributed by atoms with E-state index in [1.165, 1.54) is 0 Å². The summed E-state index contributed by atoms with van der Waals surface area (Å²) in [4.78, 5) is 0.391. The predicted octanol–water partition coefficient (Wildman–Crippen LogP) is 6.09. The fourth-order valence-electron chi connectivity index (χ4n) is 2.74. The van der Waals surface area contributed by atoms with Gasteiger partial charge in [0.25, 0.3) is 0 Å². The van der Waals surface area contributed by atoms with Gasteiger partial charge in [0.15, 0.2) is 18.2 Å². The summed E-state index contributed by atoms with van der Waals surface area (Å²) < 4.78 is 32.4. The van der Waals surface area contributed by atoms with Gasteiger partial charge < -0.3 is 4.43 Å². The summed E-state index contributed by atoms with van der Waals surface area (Å²) in [6.45, 7) is 19.1. The van der Waals surface area contributed by atoms with Crippen LogP contribution in [0.4, 0.5) is 0 Å². The van der Waals surface area contributed by atoms with Crippen molar-refractivity contribution < 1.29 is 12.8 Å². The van der Waals surface area contributed by atoms with Crippen molar-refractivity contribution in [3.05, 3.63) is 43.0 Å². The molecule has 1 aromatic carbocycles. The van der Waals surface area contributed by atoms with Gasteiger partial charge in [0.1, 0.15) is 0 Å². The highest BCUT2D eigenvalue weighted by Gasteiger charge is 2.40. The molecule has 0 N–H and O–H groups in total. The van der Waals surface area contributed by atoms with E-state index < -0.39 is 18.2 Å². The van der Waals surface area contributed by atoms with Crippen LogP contribution in [0.3, 0.4) is 0 Å². The number of rotatable bonds is 10. The Bertz CT molecular complexity index is 690. The molecule has 0 bridgehead atoms. The lowest BCUT2D eigenvalue weighted by atomic mass is 9.97. The average Bonchev–Trinajstić information content (AvgIpc) is 2.57. The van der Waals surface area contributed by atoms with Crippen LogP contribution >= 0.6 is 0 Å². The zero-order valence-electron chi connectivity index (χ0n) is 18.2. The summed E-state index contributed by atoms with van der Waals surface area (Å²) in [6.07, 6.45) is 3.70. The van der Waals surface area contributed by atoms with Crippen LogP contribution < -0.4 is 0 Å². The summed E-state index contributed by atoms with van der Waals surface area (Å²) in [5.41, 5.74) is 0. The fourth-order valence-corrected chi connectivity index (χ4v) is 5.87. The number of benzene rings is 1. The molecule has 0 saturated heterocycles. The highest BCUT2D eigenvalue weighted by atomic mass is 32.2. The van der Waals surface area contributed by atoms with Gasteiger partial charge in [0.05, 0.1) is 10.6 Å². The van der Waals surface area contributed by atoms with Crippen molar-refractivity contribution >= 4 is 18.2 Å². The normalized spacial score (nSPS) is 16.6. The Morgan fingerprint density at radius 2 is 1.67 bits per heavy atom. The van der Waals surface area contributed by atoms with Crippen molar-refractivity contribution in [1.29, 1.82) is 0 Å². The molecule has 0 spiro atoms. The SMILES string of the molecule is C=C[C@@H](C)CC[C@H](O[Si](C)(C)C(C)(C)C)[C@H](C)CS(=O)(=O)c1ccccc1. The third-order valence-electron chi connectivity index (χ3n) is 5.78. The monoisotopic (exact) mass is 410 g/mol. The van der Waals surface area contributed by atoms with Gasteiger partial charge >= 0.3 is 0 Å². The molecule has 0 aliphatic carbocycles. The fraction of sp³-hybridized carbons (Fsp3) is 0.636. The highest BCUT2D eigenvalue weighted by Crippen LogP contribution is 2.39. The second-order valence-electron chi connectivity index (χ2n) is 9.28. The van der Waals surface area contributed by atoms with Gasteiger partial charge in [0, 0.05) is 6.10 Å². The molecule has 3 nitrogen and oxygen atoms in total. The van der Waals surface area contributed by atoms with Crippen LogP contribution in [-0.2, 0) is 14.3 Å². The molecule has 0 fully saturated rings. The molecule has 0 amide bonds. The molecule has 0 heterocycles. The van der Waals surface area contributed by atoms with Crippen LogP contribution in [0.15, 0.2) is 47.9 Å². The van der Waals surface area contributed by atoms with Gasteiger partial charge in [-0.2, -0.15) is 0 Å². The Balaban J connectivity index is 3.01. The smallest absolute Gasteiger partial charge is 0.192 e. The Hall–Kier alpha value is -0.913. The number of hydrogen-bond donors (Lipinski definition) is 0. The Kier molecular flexibility index (Phi) is 8.51. The molecule has 1 aromatic rings. The molecule has 154 valence electrons. The zero-order chi connectivity index (χ0) is 20.9. The summed E-state index contributed by atoms with van der Waals surface area (Å²) >= 11 is 0. The van der Waals surface area contributed by atoms with E-state index in [4.69, 9.17) is 4.43 Å². The van der Waals surface area contributed by atoms with Crippen LogP contribution in [-0.4, -0.2) is 28.6 Å². The molecule has 0 aliphatic rings. The standard InChI is InChI=1S/C22H38O3SSi/c1-9-18(2)15-16-21(25-27(7,8)22(4,5)6)19(3)17-26(23,24)20-13-11-10-12-14-20/h9-14,18-19,21H,1,15-17H2,2-8H3/t18-,19-,21+/m1/s1. The molecule has 0 unspecified atom stereocenters. The van der Waals surface area contributed by atoms with E-state index >= 15 is 0 Å². The summed E-state index contributed by atoms with van der Waals surface area (Å²) in [7, 11) is -5.31. The third-order valence-corrected chi connectivity index (χ3v) is 12.2. The average molecular weight is 411 g/mol. The highest BCUT2D eigenvalue weighted by molar-refractivity contribution is 7.91. The predicted molar refractivity (Wildman–Crippen MR) is 118 cm³/mol. The van der Waals surface area contributed by atoms with E-state index in [1.54, 1.807) is 24.3 Å². The van der Waals surface area contributed by atoms with Gasteiger partial charge in [-0.15, -0.1) is 6.58 Å². The second kappa shape index (κ2) is 9.53. The molecular formula is C22H38O3SSi. The molecular weight excluding hydrogens is 372 g/mol. The molecule has 5 heteroatoms. The first kappa shape index (κ1) is 24.1. The van der Waals surface area contributed by atoms with Crippen LogP contribution in [0.25, 0.3) is 0 Å². The molecule has 27 heavy (non-hydrogen) atoms. The molecule has 0 aliphatic heterocycles. The van der Waals surface area contributed by atoms with Gasteiger partial charge in [-0.1, -0.05) is 58.9 Å². The van der Waals surface area contributed by atoms with E-state index in [0.717, 1.165) is 12.8 Å². The van der Waals surface area contributed by atoms with Crippen molar-refractivity contribution in [3.63, 3.8) is 0 Å². The lowest BCUT2D eigenvalue weighted by Gasteiger charge is -2.41. The maximum Gasteiger partial charge on any atom is 0.192 e. The van der Waals surface area contributed by atoms with Crippen molar-refractivity contribution in [2.45, 2.75) is 76.6 Å². The number of allylic oxidation sites excluding steroid dienone is 1. The van der Waals surface area contributed by atoms with Crippen LogP contribution in [0, 0.1) is 11.8 Å². The first-order valence-corrected chi connectivity index (χ1v) is 14.4. The molecule has 0 aromatic heterocycles. The van der Waals surface area contributed by atoms with Gasteiger partial charge in [-0.25, -0.2) is 8.42 Å². The largest absolute Gasteiger partial charge is 0.414 e. The molecule has 1 rings (SSSR count). The number of hydrogen-bond acceptors (Lipinski definition) is 3. The maximum atomic E-state index is 12.8. The Morgan fingerprint density at radius 3 is 2.15 bits per heavy atom. The third kappa shape index (κ3) is 7.20. The summed E-state index contributed by atoms with van der Waals surface area (Å²) in [5, 5.41) is 0.0906. The van der Waals surface area contributed by atoms with E-state index in [9.17, 15) is 8.42 Å². The maximum absolute atomic E-state index is 12.8. The van der Waals surface area contributed by atoms with Gasteiger partial charge in [0.2, 0.25) is 0 Å². The number of sulfone groups is 1. The van der Waals surface area contributed by atoms with Gasteiger partial charge in [-0.05, 0) is 54.9 Å². The lowest BCUT2D eigenvalue weighted by molar-refractivity contribution is 0.121. The van der Waals surface area contributed by atoms with Crippen molar-refractivity contribution in [2.75, 3.05) is 5.75 Å². The minimum absolute atomic E-state index is 0.0632. The van der Waals surface area contributed by atoms with E-state index in [0.29, 0.717) is 10.8 Å². The first-order valence-electron chi connectivity index (χ1n) is 9.88. The second-order valence-corrected chi connectivity index (χ2v) is 16.1. The lowest BCUT2D eigenvalue weighted by Crippen LogP contribution is -2.46. The van der Waals surface area contributed by atoms with Crippen molar-refractivity contribution in [2.24, 2.45) is 11.8 Å². The van der Waals surface area contributed by atoms with E-state index in [1.807, 2.05) is 19.1 Å². The summed E-state index contributed by atoms with van der Waals surface area (Å²) in [5.74, 6) is 0.438. The summed E-state index contributed by atoms with van der Waals surface area (Å²) in [6, 6.07) is 8.72. The van der Waals surface area contributed by atoms with Crippen molar-refractivity contribution in [1.82, 2.24) is 0 Å². The Morgan fingerprint density at radius 1 is 1.11 bits per heavy atom. The van der Waals surface area contributed by atoms with Crippen LogP contribution in [0.1, 0.15) is 47.5 Å². The minimum atomic E-state index is -3.32. The van der Waals surface area contributed by atoms with Crippen LogP contribution in [0.2, 0.25) is 18.1 Å². The van der Waals surface area contributed by atoms with Crippen LogP contribution in [0.5, 0.6) is 0 Å². The molecule has 0 saturated carbocycles. The quantitative estimate of drug-likeness (QED) is 0.346. The minimum Gasteiger partial charge on any atom is -0.414 e. The molecule has 3 atom stereocenters. The first-order chi connectivity index (χ1) is 12.3. The molecule has 0 radical (unpaired) electrons. The Labute approximate surface area is 168 Å². The van der Waals surface area contributed by atoms with Crippen molar-refractivity contribution in [3.8, 4) is 0 Å². The van der Waals surface area contributed by atoms with Gasteiger partial charge in [-0.3, -0.25) is 0 Å². The van der Waals surface area contributed by atoms with E-state index in [2.05, 4.69) is 47.4 Å². The van der Waals surface area contributed by atoms with E-state index in [-0.39, 0.29) is 22.8 Å². The topological polar surface area (TPSA) is 43.4 Å². The zero-order valence-corrected chi connectivity index (χ0v) is 20.0.